The summed E-state index contributed by atoms with van der Waals surface area (Å²) in [6.45, 7) is 6.96. The molecule has 1 aromatic carbocycles. The minimum atomic E-state index is 0.513. The van der Waals surface area contributed by atoms with E-state index in [2.05, 4.69) is 26.3 Å². The van der Waals surface area contributed by atoms with Crippen LogP contribution in [0.15, 0.2) is 24.4 Å². The lowest BCUT2D eigenvalue weighted by Crippen LogP contribution is -2.46. The van der Waals surface area contributed by atoms with Gasteiger partial charge in [0.2, 0.25) is 12.4 Å². The lowest BCUT2D eigenvalue weighted by molar-refractivity contribution is -0.118. The molecule has 7 heteroatoms. The van der Waals surface area contributed by atoms with Crippen LogP contribution in [0.25, 0.3) is 0 Å². The van der Waals surface area contributed by atoms with E-state index in [4.69, 9.17) is 11.6 Å². The normalized spacial score (nSPS) is 14.6. The first-order valence-electron chi connectivity index (χ1n) is 7.88. The Hall–Kier alpha value is -2.34. The lowest BCUT2D eigenvalue weighted by Gasteiger charge is -2.33. The molecule has 0 bridgehead atoms. The molecule has 1 aromatic heterocycles. The molecule has 3 rings (SSSR count). The van der Waals surface area contributed by atoms with E-state index in [0.29, 0.717) is 24.1 Å². The fourth-order valence-electron chi connectivity index (χ4n) is 2.83. The summed E-state index contributed by atoms with van der Waals surface area (Å²) in [6.07, 6.45) is 2.63. The maximum Gasteiger partial charge on any atom is 0.229 e. The summed E-state index contributed by atoms with van der Waals surface area (Å²) in [5.74, 6) is 1.36. The number of anilines is 3. The number of nitrogens with one attached hydrogen (secondary N) is 1. The van der Waals surface area contributed by atoms with E-state index in [0.717, 1.165) is 42.1 Å². The molecule has 1 amide bonds. The zero-order chi connectivity index (χ0) is 17.1. The Bertz CT molecular complexity index is 721. The molecule has 0 aliphatic carbocycles. The topological polar surface area (TPSA) is 61.4 Å². The van der Waals surface area contributed by atoms with Gasteiger partial charge in [0.1, 0.15) is 5.82 Å². The second-order valence-corrected chi connectivity index (χ2v) is 6.34. The van der Waals surface area contributed by atoms with Gasteiger partial charge in [-0.15, -0.1) is 0 Å². The van der Waals surface area contributed by atoms with Gasteiger partial charge in [-0.1, -0.05) is 17.7 Å². The third-order valence-corrected chi connectivity index (χ3v) is 4.39. The second-order valence-electron chi connectivity index (χ2n) is 5.93. The van der Waals surface area contributed by atoms with Crippen LogP contribution in [-0.2, 0) is 4.79 Å². The summed E-state index contributed by atoms with van der Waals surface area (Å²) in [5.41, 5.74) is 2.99. The van der Waals surface area contributed by atoms with Crippen molar-refractivity contribution in [2.45, 2.75) is 13.8 Å². The molecule has 1 saturated heterocycles. The molecule has 6 nitrogen and oxygen atoms in total. The maximum absolute atomic E-state index is 10.8. The van der Waals surface area contributed by atoms with Gasteiger partial charge in [0.05, 0.1) is 10.7 Å². The molecular formula is C17H20ClN5O. The minimum absolute atomic E-state index is 0.513. The highest BCUT2D eigenvalue weighted by Crippen LogP contribution is 2.29. The number of nitrogens with zero attached hydrogens (tertiary/aromatic N) is 4. The van der Waals surface area contributed by atoms with E-state index in [1.54, 1.807) is 11.1 Å². The lowest BCUT2D eigenvalue weighted by atomic mass is 10.1. The van der Waals surface area contributed by atoms with Gasteiger partial charge in [-0.25, -0.2) is 4.98 Å². The molecule has 0 unspecified atom stereocenters. The van der Waals surface area contributed by atoms with Gasteiger partial charge in [0.25, 0.3) is 0 Å². The molecule has 2 aromatic rings. The number of carbonyl (C=O) groups is 1. The van der Waals surface area contributed by atoms with Crippen LogP contribution < -0.4 is 10.2 Å². The van der Waals surface area contributed by atoms with Gasteiger partial charge in [-0.3, -0.25) is 4.79 Å². The van der Waals surface area contributed by atoms with Crippen molar-refractivity contribution < 1.29 is 4.79 Å². The summed E-state index contributed by atoms with van der Waals surface area (Å²) >= 11 is 6.34. The first-order chi connectivity index (χ1) is 11.6. The quantitative estimate of drug-likeness (QED) is 0.863. The Morgan fingerprint density at radius 2 is 1.96 bits per heavy atom. The van der Waals surface area contributed by atoms with E-state index < -0.39 is 0 Å². The summed E-state index contributed by atoms with van der Waals surface area (Å²) < 4.78 is 0. The van der Waals surface area contributed by atoms with Crippen LogP contribution in [0, 0.1) is 13.8 Å². The molecule has 0 radical (unpaired) electrons. The third kappa shape index (κ3) is 3.59. The number of benzene rings is 1. The second kappa shape index (κ2) is 7.05. The molecule has 0 atom stereocenters. The number of hydrogen-bond acceptors (Lipinski definition) is 5. The van der Waals surface area contributed by atoms with Gasteiger partial charge in [0, 0.05) is 32.4 Å². The van der Waals surface area contributed by atoms with E-state index >= 15 is 0 Å². The molecule has 1 fully saturated rings. The molecule has 0 spiro atoms. The molecule has 126 valence electrons. The molecule has 1 aliphatic rings. The summed E-state index contributed by atoms with van der Waals surface area (Å²) in [6, 6.07) is 5.86. The van der Waals surface area contributed by atoms with E-state index in [-0.39, 0.29) is 0 Å². The van der Waals surface area contributed by atoms with Crippen LogP contribution in [0.4, 0.5) is 17.5 Å². The Balaban J connectivity index is 1.78. The average Bonchev–Trinajstić information content (AvgIpc) is 2.58. The zero-order valence-electron chi connectivity index (χ0n) is 13.8. The summed E-state index contributed by atoms with van der Waals surface area (Å²) in [7, 11) is 0. The van der Waals surface area contributed by atoms with Gasteiger partial charge >= 0.3 is 0 Å². The highest BCUT2D eigenvalue weighted by Gasteiger charge is 2.17. The Labute approximate surface area is 146 Å². The number of rotatable bonds is 4. The number of piperazine rings is 1. The number of halogens is 1. The molecule has 0 saturated carbocycles. The fourth-order valence-corrected chi connectivity index (χ4v) is 3.20. The van der Waals surface area contributed by atoms with Crippen molar-refractivity contribution in [2.24, 2.45) is 0 Å². The summed E-state index contributed by atoms with van der Waals surface area (Å²) in [4.78, 5) is 23.6. The first kappa shape index (κ1) is 16.5. The van der Waals surface area contributed by atoms with Crippen molar-refractivity contribution in [3.63, 3.8) is 0 Å². The SMILES string of the molecule is Cc1cc(C)c(Nc2nccc(N3CCN(C=O)CC3)n2)c(Cl)c1. The largest absolute Gasteiger partial charge is 0.353 e. The van der Waals surface area contributed by atoms with Crippen LogP contribution in [0.2, 0.25) is 5.02 Å². The summed E-state index contributed by atoms with van der Waals surface area (Å²) in [5, 5.41) is 3.87. The average molecular weight is 346 g/mol. The number of hydrogen-bond donors (Lipinski definition) is 1. The van der Waals surface area contributed by atoms with Crippen molar-refractivity contribution in [3.8, 4) is 0 Å². The number of aryl methyl sites for hydroxylation is 2. The zero-order valence-corrected chi connectivity index (χ0v) is 14.5. The smallest absolute Gasteiger partial charge is 0.229 e. The Kier molecular flexibility index (Phi) is 4.85. The van der Waals surface area contributed by atoms with Crippen LogP contribution in [-0.4, -0.2) is 47.5 Å². The molecule has 2 heterocycles. The van der Waals surface area contributed by atoms with Crippen LogP contribution in [0.3, 0.4) is 0 Å². The molecular weight excluding hydrogens is 326 g/mol. The third-order valence-electron chi connectivity index (χ3n) is 4.10. The number of carbonyl (C=O) groups excluding carboxylic acids is 1. The van der Waals surface area contributed by atoms with Crippen molar-refractivity contribution in [1.29, 1.82) is 0 Å². The number of amides is 1. The predicted octanol–water partition coefficient (Wildman–Crippen LogP) is 2.77. The maximum atomic E-state index is 10.8. The Morgan fingerprint density at radius 3 is 2.62 bits per heavy atom. The van der Waals surface area contributed by atoms with Crippen LogP contribution in [0.5, 0.6) is 0 Å². The van der Waals surface area contributed by atoms with Gasteiger partial charge in [-0.05, 0) is 37.1 Å². The molecule has 1 N–H and O–H groups in total. The highest BCUT2D eigenvalue weighted by atomic mass is 35.5. The van der Waals surface area contributed by atoms with Crippen molar-refractivity contribution in [2.75, 3.05) is 36.4 Å². The molecule has 24 heavy (non-hydrogen) atoms. The van der Waals surface area contributed by atoms with Gasteiger partial charge in [-0.2, -0.15) is 4.98 Å². The van der Waals surface area contributed by atoms with Crippen molar-refractivity contribution in [3.05, 3.63) is 40.5 Å². The monoisotopic (exact) mass is 345 g/mol. The van der Waals surface area contributed by atoms with Crippen LogP contribution >= 0.6 is 11.6 Å². The first-order valence-corrected chi connectivity index (χ1v) is 8.26. The van der Waals surface area contributed by atoms with E-state index in [1.807, 2.05) is 26.0 Å². The van der Waals surface area contributed by atoms with Gasteiger partial charge in [0.15, 0.2) is 0 Å². The highest BCUT2D eigenvalue weighted by molar-refractivity contribution is 6.33. The minimum Gasteiger partial charge on any atom is -0.353 e. The van der Waals surface area contributed by atoms with Crippen molar-refractivity contribution in [1.82, 2.24) is 14.9 Å². The van der Waals surface area contributed by atoms with E-state index in [9.17, 15) is 4.79 Å². The predicted molar refractivity (Wildman–Crippen MR) is 96.1 cm³/mol. The van der Waals surface area contributed by atoms with E-state index in [1.165, 1.54) is 0 Å². The number of aromatic nitrogens is 2. The fraction of sp³-hybridized carbons (Fsp3) is 0.353. The van der Waals surface area contributed by atoms with Crippen LogP contribution in [0.1, 0.15) is 11.1 Å². The molecule has 1 aliphatic heterocycles. The standard InChI is InChI=1S/C17H20ClN5O/c1-12-9-13(2)16(14(18)10-12)21-17-19-4-3-15(20-17)23-7-5-22(11-24)6-8-23/h3-4,9-11H,5-8H2,1-2H3,(H,19,20,21). The Morgan fingerprint density at radius 1 is 1.21 bits per heavy atom. The van der Waals surface area contributed by atoms with Crippen molar-refractivity contribution >= 4 is 35.5 Å². The van der Waals surface area contributed by atoms with Gasteiger partial charge < -0.3 is 15.1 Å².